The lowest BCUT2D eigenvalue weighted by Gasteiger charge is -2.21. The normalized spacial score (nSPS) is 11.9. The van der Waals surface area contributed by atoms with Crippen LogP contribution in [0.25, 0.3) is 0 Å². The molecule has 0 saturated heterocycles. The van der Waals surface area contributed by atoms with Crippen molar-refractivity contribution in [1.82, 2.24) is 0 Å². The first-order valence-corrected chi connectivity index (χ1v) is 19.2. The van der Waals surface area contributed by atoms with Gasteiger partial charge in [-0.15, -0.1) is 0 Å². The number of alkyl halides is 9. The summed E-state index contributed by atoms with van der Waals surface area (Å²) in [5.74, 6) is 2.59. The molecule has 0 spiro atoms. The molecular formula is C42H33F9O3P2. The minimum atomic E-state index is -4.58. The average molecular weight is 819 g/mol. The van der Waals surface area contributed by atoms with E-state index in [-0.39, 0.29) is 0 Å². The van der Waals surface area contributed by atoms with Gasteiger partial charge in [-0.25, -0.2) is 0 Å². The van der Waals surface area contributed by atoms with E-state index in [0.29, 0.717) is 15.9 Å². The van der Waals surface area contributed by atoms with E-state index < -0.39 is 51.1 Å². The SMILES string of the molecule is COc1ccc(P(c2ccc(OC)cc2)c2ccc(OC)cc2)cc1.FC(F)(F)c1ccc(P(c2ccc(C(F)(F)F)cc2)c2ccc(C(F)(F)F)cc2)cc1. The highest BCUT2D eigenvalue weighted by Gasteiger charge is 2.33. The Morgan fingerprint density at radius 3 is 0.589 bits per heavy atom. The number of hydrogen-bond donors (Lipinski definition) is 0. The first-order valence-electron chi connectivity index (χ1n) is 16.6. The molecule has 0 aliphatic heterocycles. The summed E-state index contributed by atoms with van der Waals surface area (Å²) in [6.45, 7) is 0. The van der Waals surface area contributed by atoms with Crippen molar-refractivity contribution in [2.75, 3.05) is 21.3 Å². The molecule has 0 N–H and O–H groups in total. The summed E-state index contributed by atoms with van der Waals surface area (Å²) in [7, 11) is 2.70. The summed E-state index contributed by atoms with van der Waals surface area (Å²) in [5.41, 5.74) is -2.73. The van der Waals surface area contributed by atoms with Crippen LogP contribution < -0.4 is 46.0 Å². The van der Waals surface area contributed by atoms with Crippen molar-refractivity contribution >= 4 is 47.7 Å². The fraction of sp³-hybridized carbons (Fsp3) is 0.143. The predicted molar refractivity (Wildman–Crippen MR) is 205 cm³/mol. The van der Waals surface area contributed by atoms with E-state index in [1.807, 2.05) is 36.4 Å². The van der Waals surface area contributed by atoms with Crippen molar-refractivity contribution in [3.63, 3.8) is 0 Å². The number of hydrogen-bond acceptors (Lipinski definition) is 3. The maximum atomic E-state index is 12.9. The highest BCUT2D eigenvalue weighted by atomic mass is 31.1. The maximum Gasteiger partial charge on any atom is 0.416 e. The summed E-state index contributed by atoms with van der Waals surface area (Å²) >= 11 is 0. The van der Waals surface area contributed by atoms with Gasteiger partial charge in [0.1, 0.15) is 17.2 Å². The van der Waals surface area contributed by atoms with E-state index in [4.69, 9.17) is 14.2 Å². The molecule has 0 amide bonds. The first-order chi connectivity index (χ1) is 26.5. The molecule has 0 saturated carbocycles. The average Bonchev–Trinajstić information content (AvgIpc) is 3.19. The van der Waals surface area contributed by atoms with E-state index in [0.717, 1.165) is 53.6 Å². The van der Waals surface area contributed by atoms with Crippen LogP contribution in [0.1, 0.15) is 16.7 Å². The topological polar surface area (TPSA) is 27.7 Å². The largest absolute Gasteiger partial charge is 0.497 e. The highest BCUT2D eigenvalue weighted by molar-refractivity contribution is 7.80. The molecular weight excluding hydrogens is 785 g/mol. The van der Waals surface area contributed by atoms with Gasteiger partial charge < -0.3 is 14.2 Å². The van der Waals surface area contributed by atoms with Gasteiger partial charge in [0, 0.05) is 0 Å². The van der Waals surface area contributed by atoms with Crippen LogP contribution in [0.4, 0.5) is 39.5 Å². The van der Waals surface area contributed by atoms with Gasteiger partial charge in [-0.1, -0.05) is 72.8 Å². The highest BCUT2D eigenvalue weighted by Crippen LogP contribution is 2.38. The van der Waals surface area contributed by atoms with Gasteiger partial charge >= 0.3 is 18.5 Å². The molecule has 6 aromatic carbocycles. The second-order valence-corrected chi connectivity index (χ2v) is 16.3. The zero-order valence-corrected chi connectivity index (χ0v) is 31.7. The molecule has 6 aromatic rings. The van der Waals surface area contributed by atoms with Crippen LogP contribution >= 0.6 is 15.8 Å². The number of ether oxygens (including phenoxy) is 3. The Balaban J connectivity index is 0.000000219. The second-order valence-electron chi connectivity index (χ2n) is 11.9. The smallest absolute Gasteiger partial charge is 0.416 e. The molecule has 56 heavy (non-hydrogen) atoms. The lowest BCUT2D eigenvalue weighted by molar-refractivity contribution is -0.138. The molecule has 14 heteroatoms. The van der Waals surface area contributed by atoms with Crippen LogP contribution in [0.5, 0.6) is 17.2 Å². The van der Waals surface area contributed by atoms with Crippen LogP contribution in [0.3, 0.4) is 0 Å². The van der Waals surface area contributed by atoms with Gasteiger partial charge in [-0.2, -0.15) is 39.5 Å². The van der Waals surface area contributed by atoms with Crippen LogP contribution in [0.2, 0.25) is 0 Å². The van der Waals surface area contributed by atoms with Crippen molar-refractivity contribution in [3.05, 3.63) is 162 Å². The molecule has 3 nitrogen and oxygen atoms in total. The summed E-state index contributed by atoms with van der Waals surface area (Å²) in [6, 6.07) is 37.0. The lowest BCUT2D eigenvalue weighted by atomic mass is 10.2. The van der Waals surface area contributed by atoms with Crippen molar-refractivity contribution in [2.24, 2.45) is 0 Å². The fourth-order valence-corrected chi connectivity index (χ4v) is 9.96. The molecule has 0 unspecified atom stereocenters. The number of rotatable bonds is 9. The van der Waals surface area contributed by atoms with E-state index in [1.54, 1.807) is 21.3 Å². The van der Waals surface area contributed by atoms with Crippen LogP contribution in [0.15, 0.2) is 146 Å². The molecule has 292 valence electrons. The van der Waals surface area contributed by atoms with E-state index in [9.17, 15) is 39.5 Å². The number of benzene rings is 6. The van der Waals surface area contributed by atoms with E-state index in [1.165, 1.54) is 52.3 Å². The van der Waals surface area contributed by atoms with Crippen molar-refractivity contribution in [2.45, 2.75) is 18.5 Å². The number of halogens is 9. The third-order valence-corrected chi connectivity index (χ3v) is 13.2. The molecule has 0 heterocycles. The molecule has 0 atom stereocenters. The molecule has 0 fully saturated rings. The van der Waals surface area contributed by atoms with Gasteiger partial charge in [0.2, 0.25) is 0 Å². The Labute approximate surface area is 320 Å². The molecule has 6 rings (SSSR count). The lowest BCUT2D eigenvalue weighted by Crippen LogP contribution is -2.22. The molecule has 0 aliphatic carbocycles. The van der Waals surface area contributed by atoms with Crippen molar-refractivity contribution in [3.8, 4) is 17.2 Å². The van der Waals surface area contributed by atoms with Crippen molar-refractivity contribution in [1.29, 1.82) is 0 Å². The predicted octanol–water partition coefficient (Wildman–Crippen LogP) is 9.97. The molecule has 0 bridgehead atoms. The maximum absolute atomic E-state index is 12.9. The second kappa shape index (κ2) is 17.8. The monoisotopic (exact) mass is 818 g/mol. The Kier molecular flexibility index (Phi) is 13.4. The molecule has 0 aliphatic rings. The van der Waals surface area contributed by atoms with Crippen LogP contribution in [0, 0.1) is 0 Å². The summed E-state index contributed by atoms with van der Waals surface area (Å²) in [6.07, 6.45) is -13.7. The van der Waals surface area contributed by atoms with Crippen LogP contribution in [-0.4, -0.2) is 21.3 Å². The minimum absolute atomic E-state index is 0.350. The Morgan fingerprint density at radius 2 is 0.446 bits per heavy atom. The van der Waals surface area contributed by atoms with Gasteiger partial charge in [-0.3, -0.25) is 0 Å². The van der Waals surface area contributed by atoms with Crippen LogP contribution in [-0.2, 0) is 18.5 Å². The standard InChI is InChI=1S/C21H12F9P.C21H21O3P/c22-19(23,24)13-1-7-16(8-2-13)31(17-9-3-14(4-10-17)20(25,26)27)18-11-5-15(6-12-18)21(28,29)30;1-22-16-4-10-19(11-5-16)25(20-12-6-17(23-2)7-13-20)21-14-8-18(24-3)9-15-21/h1-12H;4-15H,1-3H3. The fourth-order valence-electron chi connectivity index (χ4n) is 5.49. The molecule has 0 radical (unpaired) electrons. The summed E-state index contributed by atoms with van der Waals surface area (Å²) < 4.78 is 132. The van der Waals surface area contributed by atoms with Gasteiger partial charge in [0.15, 0.2) is 0 Å². The third kappa shape index (κ3) is 10.6. The zero-order chi connectivity index (χ0) is 40.7. The van der Waals surface area contributed by atoms with Gasteiger partial charge in [0.25, 0.3) is 0 Å². The first kappa shape index (κ1) is 42.1. The summed E-state index contributed by atoms with van der Waals surface area (Å²) in [4.78, 5) is 0. The molecule has 0 aromatic heterocycles. The minimum Gasteiger partial charge on any atom is -0.497 e. The van der Waals surface area contributed by atoms with Gasteiger partial charge in [0.05, 0.1) is 38.0 Å². The van der Waals surface area contributed by atoms with E-state index in [2.05, 4.69) is 36.4 Å². The van der Waals surface area contributed by atoms with Crippen molar-refractivity contribution < 1.29 is 53.7 Å². The Bertz CT molecular complexity index is 1880. The Morgan fingerprint density at radius 1 is 0.286 bits per heavy atom. The Hall–Kier alpha value is -5.05. The third-order valence-electron chi connectivity index (χ3n) is 8.35. The zero-order valence-electron chi connectivity index (χ0n) is 29.9. The van der Waals surface area contributed by atoms with E-state index >= 15 is 0 Å². The quantitative estimate of drug-likeness (QED) is 0.108. The summed E-state index contributed by atoms with van der Waals surface area (Å²) in [5, 5.41) is 4.86. The number of methoxy groups -OCH3 is 3. The van der Waals surface area contributed by atoms with Gasteiger partial charge in [-0.05, 0) is 120 Å².